The average Bonchev–Trinajstić information content (AvgIpc) is 2.21. The predicted octanol–water partition coefficient (Wildman–Crippen LogP) is 0.441. The zero-order chi connectivity index (χ0) is 12.4. The van der Waals surface area contributed by atoms with Crippen molar-refractivity contribution in [3.8, 4) is 0 Å². The van der Waals surface area contributed by atoms with Gasteiger partial charge in [0.1, 0.15) is 0 Å². The quantitative estimate of drug-likeness (QED) is 0.751. The molecule has 2 N–H and O–H groups in total. The van der Waals surface area contributed by atoms with E-state index in [0.717, 1.165) is 32.5 Å². The van der Waals surface area contributed by atoms with E-state index in [1.807, 2.05) is 0 Å². The largest absolute Gasteiger partial charge is 0.353 e. The molecule has 0 radical (unpaired) electrons. The summed E-state index contributed by atoms with van der Waals surface area (Å²) < 4.78 is 0. The standard InChI is InChI=1S/C13H25N3O/c1-9-6-12(4-5-16(9)3)15-13(17)10(2)11-7-14-8-11/h9-12,14H,4-8H2,1-3H3,(H,15,17). The van der Waals surface area contributed by atoms with Gasteiger partial charge >= 0.3 is 0 Å². The highest BCUT2D eigenvalue weighted by atomic mass is 16.1. The molecule has 3 atom stereocenters. The van der Waals surface area contributed by atoms with Gasteiger partial charge in [0.2, 0.25) is 5.91 Å². The van der Waals surface area contributed by atoms with Crippen LogP contribution in [-0.2, 0) is 4.79 Å². The maximum absolute atomic E-state index is 12.1. The molecular formula is C13H25N3O. The fourth-order valence-electron chi connectivity index (χ4n) is 2.63. The molecule has 2 heterocycles. The van der Waals surface area contributed by atoms with E-state index < -0.39 is 0 Å². The Morgan fingerprint density at radius 2 is 2.18 bits per heavy atom. The van der Waals surface area contributed by atoms with Gasteiger partial charge in [0.25, 0.3) is 0 Å². The lowest BCUT2D eigenvalue weighted by Gasteiger charge is -2.37. The molecule has 0 aromatic rings. The van der Waals surface area contributed by atoms with E-state index in [1.54, 1.807) is 0 Å². The van der Waals surface area contributed by atoms with Crippen LogP contribution < -0.4 is 10.6 Å². The zero-order valence-corrected chi connectivity index (χ0v) is 11.2. The molecule has 0 bridgehead atoms. The van der Waals surface area contributed by atoms with Gasteiger partial charge in [-0.1, -0.05) is 6.92 Å². The molecule has 3 unspecified atom stereocenters. The number of hydrogen-bond acceptors (Lipinski definition) is 3. The Morgan fingerprint density at radius 3 is 2.71 bits per heavy atom. The van der Waals surface area contributed by atoms with Crippen LogP contribution in [0.1, 0.15) is 26.7 Å². The van der Waals surface area contributed by atoms with Crippen molar-refractivity contribution >= 4 is 5.91 Å². The smallest absolute Gasteiger partial charge is 0.223 e. The van der Waals surface area contributed by atoms with E-state index in [0.29, 0.717) is 18.0 Å². The second-order valence-electron chi connectivity index (χ2n) is 5.77. The van der Waals surface area contributed by atoms with Crippen LogP contribution in [0.2, 0.25) is 0 Å². The summed E-state index contributed by atoms with van der Waals surface area (Å²) in [5.74, 6) is 0.947. The van der Waals surface area contributed by atoms with Crippen molar-refractivity contribution in [2.75, 3.05) is 26.7 Å². The van der Waals surface area contributed by atoms with Gasteiger partial charge in [-0.25, -0.2) is 0 Å². The molecule has 2 aliphatic heterocycles. The number of nitrogens with zero attached hydrogens (tertiary/aromatic N) is 1. The highest BCUT2D eigenvalue weighted by Crippen LogP contribution is 2.19. The van der Waals surface area contributed by atoms with Crippen molar-refractivity contribution in [2.45, 2.75) is 38.8 Å². The molecule has 2 rings (SSSR count). The Labute approximate surface area is 104 Å². The van der Waals surface area contributed by atoms with Crippen LogP contribution in [0.5, 0.6) is 0 Å². The minimum Gasteiger partial charge on any atom is -0.353 e. The van der Waals surface area contributed by atoms with Crippen molar-refractivity contribution < 1.29 is 4.79 Å². The second kappa shape index (κ2) is 5.36. The third kappa shape index (κ3) is 2.99. The maximum atomic E-state index is 12.1. The molecule has 2 fully saturated rings. The maximum Gasteiger partial charge on any atom is 0.223 e. The lowest BCUT2D eigenvalue weighted by atomic mass is 9.87. The minimum atomic E-state index is 0.159. The van der Waals surface area contributed by atoms with Gasteiger partial charge in [-0.05, 0) is 45.8 Å². The van der Waals surface area contributed by atoms with E-state index in [4.69, 9.17) is 0 Å². The van der Waals surface area contributed by atoms with Crippen LogP contribution in [0, 0.1) is 11.8 Å². The summed E-state index contributed by atoms with van der Waals surface area (Å²) in [6.45, 7) is 7.37. The van der Waals surface area contributed by atoms with E-state index >= 15 is 0 Å². The lowest BCUT2D eigenvalue weighted by molar-refractivity contribution is -0.127. The number of hydrogen-bond donors (Lipinski definition) is 2. The van der Waals surface area contributed by atoms with Gasteiger partial charge in [-0.15, -0.1) is 0 Å². The number of amides is 1. The highest BCUT2D eigenvalue weighted by molar-refractivity contribution is 5.79. The number of nitrogens with one attached hydrogen (secondary N) is 2. The van der Waals surface area contributed by atoms with Gasteiger partial charge in [-0.2, -0.15) is 0 Å². The first kappa shape index (κ1) is 12.8. The first-order valence-electron chi connectivity index (χ1n) is 6.79. The van der Waals surface area contributed by atoms with E-state index in [9.17, 15) is 4.79 Å². The molecular weight excluding hydrogens is 214 g/mol. The van der Waals surface area contributed by atoms with Crippen molar-refractivity contribution in [3.63, 3.8) is 0 Å². The molecule has 0 aromatic heterocycles. The van der Waals surface area contributed by atoms with Crippen LogP contribution in [0.25, 0.3) is 0 Å². The van der Waals surface area contributed by atoms with Crippen LogP contribution in [-0.4, -0.2) is 49.6 Å². The monoisotopic (exact) mass is 239 g/mol. The number of carbonyl (C=O) groups excluding carboxylic acids is 1. The Hall–Kier alpha value is -0.610. The molecule has 0 aromatic carbocycles. The molecule has 2 aliphatic rings. The van der Waals surface area contributed by atoms with Crippen LogP contribution in [0.15, 0.2) is 0 Å². The number of rotatable bonds is 3. The molecule has 4 heteroatoms. The van der Waals surface area contributed by atoms with E-state index in [1.165, 1.54) is 0 Å². The second-order valence-corrected chi connectivity index (χ2v) is 5.77. The summed E-state index contributed by atoms with van der Waals surface area (Å²) in [4.78, 5) is 14.4. The summed E-state index contributed by atoms with van der Waals surface area (Å²) in [6, 6.07) is 0.957. The van der Waals surface area contributed by atoms with Crippen molar-refractivity contribution in [1.29, 1.82) is 0 Å². The molecule has 4 nitrogen and oxygen atoms in total. The summed E-state index contributed by atoms with van der Waals surface area (Å²) in [7, 11) is 2.16. The Morgan fingerprint density at radius 1 is 1.47 bits per heavy atom. The molecule has 17 heavy (non-hydrogen) atoms. The van der Waals surface area contributed by atoms with Crippen molar-refractivity contribution in [3.05, 3.63) is 0 Å². The summed E-state index contributed by atoms with van der Waals surface area (Å²) in [5.41, 5.74) is 0. The average molecular weight is 239 g/mol. The molecule has 98 valence electrons. The Bertz CT molecular complexity index is 278. The van der Waals surface area contributed by atoms with Crippen LogP contribution in [0.4, 0.5) is 0 Å². The molecule has 1 amide bonds. The first-order valence-corrected chi connectivity index (χ1v) is 6.79. The zero-order valence-electron chi connectivity index (χ0n) is 11.2. The molecule has 2 saturated heterocycles. The third-order valence-electron chi connectivity index (χ3n) is 4.49. The van der Waals surface area contributed by atoms with Gasteiger partial charge in [0.05, 0.1) is 0 Å². The fourth-order valence-corrected chi connectivity index (χ4v) is 2.63. The van der Waals surface area contributed by atoms with Crippen molar-refractivity contribution in [2.24, 2.45) is 11.8 Å². The molecule has 0 spiro atoms. The number of carbonyl (C=O) groups is 1. The SMILES string of the molecule is CC(C(=O)NC1CCN(C)C(C)C1)C1CNC1. The fraction of sp³-hybridized carbons (Fsp3) is 0.923. The Kier molecular flexibility index (Phi) is 4.05. The van der Waals surface area contributed by atoms with Crippen LogP contribution >= 0.6 is 0 Å². The summed E-state index contributed by atoms with van der Waals surface area (Å²) >= 11 is 0. The number of piperidine rings is 1. The highest BCUT2D eigenvalue weighted by Gasteiger charge is 2.31. The third-order valence-corrected chi connectivity index (χ3v) is 4.49. The topological polar surface area (TPSA) is 44.4 Å². The van der Waals surface area contributed by atoms with E-state index in [-0.39, 0.29) is 11.8 Å². The lowest BCUT2D eigenvalue weighted by Crippen LogP contribution is -2.53. The van der Waals surface area contributed by atoms with Gasteiger partial charge < -0.3 is 15.5 Å². The van der Waals surface area contributed by atoms with E-state index in [2.05, 4.69) is 36.4 Å². The first-order chi connectivity index (χ1) is 8.08. The Balaban J connectivity index is 1.78. The summed E-state index contributed by atoms with van der Waals surface area (Å²) in [5, 5.41) is 6.45. The van der Waals surface area contributed by atoms with Gasteiger partial charge in [0, 0.05) is 24.5 Å². The van der Waals surface area contributed by atoms with Gasteiger partial charge in [0.15, 0.2) is 0 Å². The van der Waals surface area contributed by atoms with Crippen molar-refractivity contribution in [1.82, 2.24) is 15.5 Å². The number of likely N-dealkylation sites (tertiary alicyclic amines) is 1. The van der Waals surface area contributed by atoms with Crippen LogP contribution in [0.3, 0.4) is 0 Å². The minimum absolute atomic E-state index is 0.159. The molecule has 0 saturated carbocycles. The molecule has 0 aliphatic carbocycles. The normalized spacial score (nSPS) is 32.9. The summed E-state index contributed by atoms with van der Waals surface area (Å²) in [6.07, 6.45) is 2.17. The van der Waals surface area contributed by atoms with Gasteiger partial charge in [-0.3, -0.25) is 4.79 Å². The predicted molar refractivity (Wildman–Crippen MR) is 68.8 cm³/mol.